The van der Waals surface area contributed by atoms with Crippen LogP contribution >= 0.6 is 0 Å². The first-order chi connectivity index (χ1) is 8.57. The largest absolute Gasteiger partial charge is 0.469 e. The summed E-state index contributed by atoms with van der Waals surface area (Å²) in [6, 6.07) is 0. The SMILES string of the molecule is COC(=O)C1CCCC1S(=O)(=O)N1CCOCC1. The number of hydrogen-bond donors (Lipinski definition) is 0. The first kappa shape index (κ1) is 13.8. The molecule has 7 heteroatoms. The maximum Gasteiger partial charge on any atom is 0.310 e. The van der Waals surface area contributed by atoms with Crippen LogP contribution < -0.4 is 0 Å². The van der Waals surface area contributed by atoms with E-state index >= 15 is 0 Å². The van der Waals surface area contributed by atoms with E-state index in [1.165, 1.54) is 11.4 Å². The zero-order valence-electron chi connectivity index (χ0n) is 10.5. The minimum absolute atomic E-state index is 0.382. The summed E-state index contributed by atoms with van der Waals surface area (Å²) in [6.45, 7) is 1.61. The molecule has 0 aromatic heterocycles. The van der Waals surface area contributed by atoms with E-state index in [9.17, 15) is 13.2 Å². The fraction of sp³-hybridized carbons (Fsp3) is 0.909. The highest BCUT2D eigenvalue weighted by atomic mass is 32.2. The summed E-state index contributed by atoms with van der Waals surface area (Å²) in [5.41, 5.74) is 0. The summed E-state index contributed by atoms with van der Waals surface area (Å²) in [4.78, 5) is 11.6. The highest BCUT2D eigenvalue weighted by molar-refractivity contribution is 7.89. The third-order valence-corrected chi connectivity index (χ3v) is 6.08. The normalized spacial score (nSPS) is 30.3. The predicted molar refractivity (Wildman–Crippen MR) is 64.5 cm³/mol. The highest BCUT2D eigenvalue weighted by Crippen LogP contribution is 2.33. The van der Waals surface area contributed by atoms with Crippen LogP contribution in [0, 0.1) is 5.92 Å². The van der Waals surface area contributed by atoms with Crippen molar-refractivity contribution in [3.63, 3.8) is 0 Å². The molecule has 0 radical (unpaired) electrons. The quantitative estimate of drug-likeness (QED) is 0.678. The van der Waals surface area contributed by atoms with Crippen LogP contribution in [-0.4, -0.2) is 57.4 Å². The maximum atomic E-state index is 12.5. The Morgan fingerprint density at radius 2 is 1.94 bits per heavy atom. The fourth-order valence-corrected chi connectivity index (χ4v) is 4.86. The second-order valence-corrected chi connectivity index (χ2v) is 6.81. The summed E-state index contributed by atoms with van der Waals surface area (Å²) >= 11 is 0. The molecule has 1 heterocycles. The lowest BCUT2D eigenvalue weighted by Gasteiger charge is -2.30. The summed E-state index contributed by atoms with van der Waals surface area (Å²) < 4.78 is 36.3. The van der Waals surface area contributed by atoms with Gasteiger partial charge in [-0.1, -0.05) is 6.42 Å². The third-order valence-electron chi connectivity index (χ3n) is 3.67. The molecule has 1 saturated heterocycles. The summed E-state index contributed by atoms with van der Waals surface area (Å²) in [6.07, 6.45) is 1.90. The molecule has 18 heavy (non-hydrogen) atoms. The van der Waals surface area contributed by atoms with Gasteiger partial charge < -0.3 is 9.47 Å². The van der Waals surface area contributed by atoms with Crippen LogP contribution in [0.15, 0.2) is 0 Å². The van der Waals surface area contributed by atoms with Gasteiger partial charge >= 0.3 is 5.97 Å². The van der Waals surface area contributed by atoms with E-state index in [0.29, 0.717) is 39.1 Å². The van der Waals surface area contributed by atoms with E-state index in [1.54, 1.807) is 0 Å². The van der Waals surface area contributed by atoms with Gasteiger partial charge in [0.05, 0.1) is 31.5 Å². The lowest BCUT2D eigenvalue weighted by Crippen LogP contribution is -2.47. The Morgan fingerprint density at radius 1 is 1.28 bits per heavy atom. The molecule has 0 aromatic carbocycles. The zero-order valence-corrected chi connectivity index (χ0v) is 11.3. The topological polar surface area (TPSA) is 72.9 Å². The Kier molecular flexibility index (Phi) is 4.24. The second-order valence-electron chi connectivity index (χ2n) is 4.66. The predicted octanol–water partition coefficient (Wildman–Crippen LogP) is -0.00990. The number of carbonyl (C=O) groups excluding carboxylic acids is 1. The third kappa shape index (κ3) is 2.53. The van der Waals surface area contributed by atoms with Gasteiger partial charge in [0.1, 0.15) is 0 Å². The van der Waals surface area contributed by atoms with Crippen molar-refractivity contribution < 1.29 is 22.7 Å². The molecule has 0 N–H and O–H groups in total. The molecule has 104 valence electrons. The van der Waals surface area contributed by atoms with Crippen LogP contribution in [0.4, 0.5) is 0 Å². The average molecular weight is 277 g/mol. The first-order valence-corrected chi connectivity index (χ1v) is 7.72. The van der Waals surface area contributed by atoms with E-state index in [2.05, 4.69) is 0 Å². The van der Waals surface area contributed by atoms with Gasteiger partial charge in [0, 0.05) is 13.1 Å². The molecular weight excluding hydrogens is 258 g/mol. The van der Waals surface area contributed by atoms with Crippen molar-refractivity contribution in [3.05, 3.63) is 0 Å². The number of esters is 1. The van der Waals surface area contributed by atoms with Crippen LogP contribution in [0.3, 0.4) is 0 Å². The van der Waals surface area contributed by atoms with Crippen LogP contribution in [-0.2, 0) is 24.3 Å². The monoisotopic (exact) mass is 277 g/mol. The molecule has 1 aliphatic carbocycles. The minimum Gasteiger partial charge on any atom is -0.469 e. The van der Waals surface area contributed by atoms with E-state index in [0.717, 1.165) is 6.42 Å². The molecule has 2 fully saturated rings. The molecule has 2 atom stereocenters. The Balaban J connectivity index is 2.15. The summed E-state index contributed by atoms with van der Waals surface area (Å²) in [7, 11) is -2.11. The fourth-order valence-electron chi connectivity index (χ4n) is 2.70. The molecule has 1 aliphatic heterocycles. The van der Waals surface area contributed by atoms with Crippen LogP contribution in [0.2, 0.25) is 0 Å². The van der Waals surface area contributed by atoms with Gasteiger partial charge in [0.2, 0.25) is 10.0 Å². The lowest BCUT2D eigenvalue weighted by molar-refractivity contribution is -0.145. The number of nitrogens with zero attached hydrogens (tertiary/aromatic N) is 1. The molecule has 6 nitrogen and oxygen atoms in total. The van der Waals surface area contributed by atoms with Gasteiger partial charge in [0.15, 0.2) is 0 Å². The lowest BCUT2D eigenvalue weighted by atomic mass is 10.1. The number of hydrogen-bond acceptors (Lipinski definition) is 5. The van der Waals surface area contributed by atoms with Gasteiger partial charge in [0.25, 0.3) is 0 Å². The average Bonchev–Trinajstić information content (AvgIpc) is 2.89. The van der Waals surface area contributed by atoms with Crippen LogP contribution in [0.5, 0.6) is 0 Å². The van der Waals surface area contributed by atoms with Crippen molar-refractivity contribution >= 4 is 16.0 Å². The molecule has 2 aliphatic rings. The molecule has 2 rings (SSSR count). The van der Waals surface area contributed by atoms with Gasteiger partial charge in [-0.15, -0.1) is 0 Å². The van der Waals surface area contributed by atoms with Crippen molar-refractivity contribution in [2.75, 3.05) is 33.4 Å². The second kappa shape index (κ2) is 5.54. The number of carbonyl (C=O) groups is 1. The molecule has 1 saturated carbocycles. The summed E-state index contributed by atoms with van der Waals surface area (Å²) in [5, 5.41) is -0.622. The van der Waals surface area contributed by atoms with Crippen LogP contribution in [0.25, 0.3) is 0 Å². The van der Waals surface area contributed by atoms with Crippen molar-refractivity contribution in [2.24, 2.45) is 5.92 Å². The smallest absolute Gasteiger partial charge is 0.310 e. The molecule has 0 bridgehead atoms. The first-order valence-electron chi connectivity index (χ1n) is 6.22. The Bertz CT molecular complexity index is 402. The highest BCUT2D eigenvalue weighted by Gasteiger charge is 2.44. The molecule has 0 spiro atoms. The van der Waals surface area contributed by atoms with Crippen molar-refractivity contribution in [3.8, 4) is 0 Å². The Morgan fingerprint density at radius 3 is 2.56 bits per heavy atom. The van der Waals surface area contributed by atoms with E-state index in [4.69, 9.17) is 9.47 Å². The van der Waals surface area contributed by atoms with Gasteiger partial charge in [-0.25, -0.2) is 8.42 Å². The molecule has 0 amide bonds. The Hall–Kier alpha value is -0.660. The number of ether oxygens (including phenoxy) is 2. The maximum absolute atomic E-state index is 12.5. The number of methoxy groups -OCH3 is 1. The number of sulfonamides is 1. The van der Waals surface area contributed by atoms with Crippen molar-refractivity contribution in [1.82, 2.24) is 4.31 Å². The zero-order chi connectivity index (χ0) is 13.2. The van der Waals surface area contributed by atoms with Gasteiger partial charge in [-0.3, -0.25) is 4.79 Å². The van der Waals surface area contributed by atoms with E-state index in [1.807, 2.05) is 0 Å². The Labute approximate surface area is 107 Å². The molecule has 2 unspecified atom stereocenters. The van der Waals surface area contributed by atoms with Crippen LogP contribution in [0.1, 0.15) is 19.3 Å². The van der Waals surface area contributed by atoms with Gasteiger partial charge in [-0.2, -0.15) is 4.31 Å². The number of morpholine rings is 1. The van der Waals surface area contributed by atoms with Gasteiger partial charge in [-0.05, 0) is 12.8 Å². The standard InChI is InChI=1S/C11H19NO5S/c1-16-11(13)9-3-2-4-10(9)18(14,15)12-5-7-17-8-6-12/h9-10H,2-8H2,1H3. The summed E-state index contributed by atoms with van der Waals surface area (Å²) in [5.74, 6) is -0.919. The van der Waals surface area contributed by atoms with Crippen molar-refractivity contribution in [2.45, 2.75) is 24.5 Å². The van der Waals surface area contributed by atoms with Crippen molar-refractivity contribution in [1.29, 1.82) is 0 Å². The van der Waals surface area contributed by atoms with E-state index in [-0.39, 0.29) is 0 Å². The molecule has 0 aromatic rings. The number of rotatable bonds is 3. The minimum atomic E-state index is -3.41. The molecular formula is C11H19NO5S. The van der Waals surface area contributed by atoms with E-state index < -0.39 is 27.2 Å².